The van der Waals surface area contributed by atoms with Crippen LogP contribution in [-0.4, -0.2) is 50.0 Å². The van der Waals surface area contributed by atoms with Crippen LogP contribution >= 0.6 is 11.8 Å². The van der Waals surface area contributed by atoms with Crippen molar-refractivity contribution < 1.29 is 27.4 Å². The molecule has 3 heterocycles. The number of benzene rings is 1. The fourth-order valence-corrected chi connectivity index (χ4v) is 4.17. The Balaban J connectivity index is 1.23. The van der Waals surface area contributed by atoms with Crippen LogP contribution in [0.25, 0.3) is 0 Å². The molecule has 1 aromatic carbocycles. The van der Waals surface area contributed by atoms with Gasteiger partial charge in [0.25, 0.3) is 0 Å². The average molecular weight is 479 g/mol. The highest BCUT2D eigenvalue weighted by atomic mass is 32.2. The molecule has 1 aliphatic rings. The Kier molecular flexibility index (Phi) is 7.02. The SMILES string of the molecule is O=C(Oc1ccc(Oc2ccc(C(F)(F)F)cn2)cc1)N1CCC(CSc2nc[nH]n2)CC1. The number of hydrogen-bond acceptors (Lipinski definition) is 7. The fraction of sp³-hybridized carbons (Fsp3) is 0.333. The van der Waals surface area contributed by atoms with Gasteiger partial charge in [0.1, 0.15) is 17.8 Å². The smallest absolute Gasteiger partial charge is 0.417 e. The number of amides is 1. The highest BCUT2D eigenvalue weighted by Gasteiger charge is 2.30. The third kappa shape index (κ3) is 6.37. The molecule has 0 saturated carbocycles. The first-order valence-corrected chi connectivity index (χ1v) is 11.1. The van der Waals surface area contributed by atoms with E-state index in [-0.39, 0.29) is 5.88 Å². The number of H-pyrrole nitrogens is 1. The summed E-state index contributed by atoms with van der Waals surface area (Å²) in [6, 6.07) is 8.25. The van der Waals surface area contributed by atoms with Gasteiger partial charge < -0.3 is 14.4 Å². The number of carbonyl (C=O) groups excluding carboxylic acids is 1. The Morgan fingerprint density at radius 3 is 2.42 bits per heavy atom. The maximum Gasteiger partial charge on any atom is 0.417 e. The van der Waals surface area contributed by atoms with Crippen molar-refractivity contribution in [1.82, 2.24) is 25.1 Å². The lowest BCUT2D eigenvalue weighted by atomic mass is 9.99. The van der Waals surface area contributed by atoms with E-state index < -0.39 is 17.8 Å². The summed E-state index contributed by atoms with van der Waals surface area (Å²) in [4.78, 5) is 21.9. The van der Waals surface area contributed by atoms with Crippen LogP contribution in [0.5, 0.6) is 17.4 Å². The Morgan fingerprint density at radius 1 is 1.09 bits per heavy atom. The zero-order valence-corrected chi connectivity index (χ0v) is 18.1. The van der Waals surface area contributed by atoms with Crippen molar-refractivity contribution in [2.75, 3.05) is 18.8 Å². The predicted molar refractivity (Wildman–Crippen MR) is 113 cm³/mol. The van der Waals surface area contributed by atoms with Crippen molar-refractivity contribution >= 4 is 17.9 Å². The Hall–Kier alpha value is -3.28. The molecule has 2 aromatic heterocycles. The van der Waals surface area contributed by atoms with Gasteiger partial charge in [-0.05, 0) is 49.1 Å². The quantitative estimate of drug-likeness (QED) is 0.497. The molecule has 12 heteroatoms. The van der Waals surface area contributed by atoms with Crippen LogP contribution in [0.1, 0.15) is 18.4 Å². The summed E-state index contributed by atoms with van der Waals surface area (Å²) in [5.74, 6) is 2.10. The van der Waals surface area contributed by atoms with E-state index in [1.807, 2.05) is 0 Å². The van der Waals surface area contributed by atoms with Gasteiger partial charge in [0, 0.05) is 31.1 Å². The average Bonchev–Trinajstić information content (AvgIpc) is 3.33. The zero-order valence-electron chi connectivity index (χ0n) is 17.3. The normalized spacial score (nSPS) is 14.8. The number of alkyl halides is 3. The number of carbonyl (C=O) groups is 1. The number of piperidine rings is 1. The molecule has 1 aliphatic heterocycles. The lowest BCUT2D eigenvalue weighted by molar-refractivity contribution is -0.137. The van der Waals surface area contributed by atoms with Gasteiger partial charge in [-0.3, -0.25) is 5.10 Å². The summed E-state index contributed by atoms with van der Waals surface area (Å²) >= 11 is 1.59. The van der Waals surface area contributed by atoms with Crippen molar-refractivity contribution in [3.05, 3.63) is 54.5 Å². The second-order valence-corrected chi connectivity index (χ2v) is 8.33. The highest BCUT2D eigenvalue weighted by Crippen LogP contribution is 2.30. The highest BCUT2D eigenvalue weighted by molar-refractivity contribution is 7.99. The number of rotatable bonds is 6. The summed E-state index contributed by atoms with van der Waals surface area (Å²) in [5, 5.41) is 7.43. The number of nitrogens with one attached hydrogen (secondary N) is 1. The maximum atomic E-state index is 12.6. The first-order chi connectivity index (χ1) is 15.9. The van der Waals surface area contributed by atoms with Crippen LogP contribution < -0.4 is 9.47 Å². The zero-order chi connectivity index (χ0) is 23.3. The van der Waals surface area contributed by atoms with Crippen LogP contribution in [0.4, 0.5) is 18.0 Å². The van der Waals surface area contributed by atoms with Crippen LogP contribution in [-0.2, 0) is 6.18 Å². The van der Waals surface area contributed by atoms with Gasteiger partial charge in [0.2, 0.25) is 11.0 Å². The lowest BCUT2D eigenvalue weighted by Crippen LogP contribution is -2.40. The summed E-state index contributed by atoms with van der Waals surface area (Å²) in [6.07, 6.45) is -0.873. The summed E-state index contributed by atoms with van der Waals surface area (Å²) < 4.78 is 48.7. The number of nitrogens with zero attached hydrogens (tertiary/aromatic N) is 4. The number of aromatic nitrogens is 4. The molecule has 0 bridgehead atoms. The molecule has 0 radical (unpaired) electrons. The second-order valence-electron chi connectivity index (χ2n) is 7.35. The van der Waals surface area contributed by atoms with Crippen molar-refractivity contribution in [3.63, 3.8) is 0 Å². The minimum absolute atomic E-state index is 0.0249. The predicted octanol–water partition coefficient (Wildman–Crippen LogP) is 5.01. The van der Waals surface area contributed by atoms with Gasteiger partial charge in [-0.25, -0.2) is 14.8 Å². The van der Waals surface area contributed by atoms with Gasteiger partial charge in [-0.1, -0.05) is 11.8 Å². The van der Waals surface area contributed by atoms with Crippen LogP contribution in [0.2, 0.25) is 0 Å². The minimum Gasteiger partial charge on any atom is -0.439 e. The number of ether oxygens (including phenoxy) is 2. The largest absolute Gasteiger partial charge is 0.439 e. The number of pyridine rings is 1. The molecule has 174 valence electrons. The minimum atomic E-state index is -4.46. The van der Waals surface area contributed by atoms with Gasteiger partial charge >= 0.3 is 12.3 Å². The van der Waals surface area contributed by atoms with E-state index in [2.05, 4.69) is 20.2 Å². The number of hydrogen-bond donors (Lipinski definition) is 1. The molecule has 0 unspecified atom stereocenters. The Morgan fingerprint density at radius 2 is 1.82 bits per heavy atom. The standard InChI is InChI=1S/C21H20F3N5O3S/c22-21(23,24)15-1-6-18(25-11-15)31-16-2-4-17(5-3-16)32-20(30)29-9-7-14(8-10-29)12-33-19-26-13-27-28-19/h1-6,11,13-14H,7-10,12H2,(H,26,27,28). The van der Waals surface area contributed by atoms with Gasteiger partial charge in [-0.15, -0.1) is 5.10 Å². The van der Waals surface area contributed by atoms with E-state index in [0.29, 0.717) is 36.7 Å². The molecule has 0 atom stereocenters. The molecule has 0 aliphatic carbocycles. The molecular formula is C21H20F3N5O3S. The summed E-state index contributed by atoms with van der Waals surface area (Å²) in [5.41, 5.74) is -0.852. The molecule has 3 aromatic rings. The molecule has 4 rings (SSSR count). The van der Waals surface area contributed by atoms with E-state index in [1.54, 1.807) is 47.3 Å². The van der Waals surface area contributed by atoms with Crippen molar-refractivity contribution in [2.45, 2.75) is 24.2 Å². The van der Waals surface area contributed by atoms with Crippen molar-refractivity contribution in [3.8, 4) is 17.4 Å². The van der Waals surface area contributed by atoms with Gasteiger partial charge in [0.05, 0.1) is 5.56 Å². The molecule has 1 saturated heterocycles. The maximum absolute atomic E-state index is 12.6. The fourth-order valence-electron chi connectivity index (χ4n) is 3.21. The number of halogens is 3. The number of thioether (sulfide) groups is 1. The molecule has 0 spiro atoms. The molecule has 1 N–H and O–H groups in total. The summed E-state index contributed by atoms with van der Waals surface area (Å²) in [7, 11) is 0. The first-order valence-electron chi connectivity index (χ1n) is 10.1. The monoisotopic (exact) mass is 479 g/mol. The number of aromatic amines is 1. The Labute approximate surface area is 191 Å². The molecule has 1 amide bonds. The summed E-state index contributed by atoms with van der Waals surface area (Å²) in [6.45, 7) is 1.22. The third-order valence-corrected chi connectivity index (χ3v) is 6.12. The molecule has 8 nitrogen and oxygen atoms in total. The van der Waals surface area contributed by atoms with Gasteiger partial charge in [-0.2, -0.15) is 13.2 Å². The lowest BCUT2D eigenvalue weighted by Gasteiger charge is -2.30. The van der Waals surface area contributed by atoms with Crippen molar-refractivity contribution in [2.24, 2.45) is 5.92 Å². The molecule has 1 fully saturated rings. The first kappa shape index (κ1) is 22.9. The molecular weight excluding hydrogens is 459 g/mol. The van der Waals surface area contributed by atoms with E-state index in [9.17, 15) is 18.0 Å². The molecule has 33 heavy (non-hydrogen) atoms. The van der Waals surface area contributed by atoms with Crippen LogP contribution in [0, 0.1) is 5.92 Å². The van der Waals surface area contributed by atoms with E-state index >= 15 is 0 Å². The topological polar surface area (TPSA) is 93.2 Å². The van der Waals surface area contributed by atoms with Crippen LogP contribution in [0.3, 0.4) is 0 Å². The third-order valence-electron chi connectivity index (χ3n) is 5.03. The van der Waals surface area contributed by atoms with E-state index in [1.165, 1.54) is 0 Å². The second kappa shape index (κ2) is 10.1. The van der Waals surface area contributed by atoms with E-state index in [4.69, 9.17) is 9.47 Å². The van der Waals surface area contributed by atoms with E-state index in [0.717, 1.165) is 35.9 Å². The van der Waals surface area contributed by atoms with Gasteiger partial charge in [0.15, 0.2) is 0 Å². The Bertz CT molecular complexity index is 1040. The van der Waals surface area contributed by atoms with Crippen molar-refractivity contribution in [1.29, 1.82) is 0 Å². The van der Waals surface area contributed by atoms with Crippen LogP contribution in [0.15, 0.2) is 54.1 Å². The number of likely N-dealkylation sites (tertiary alicyclic amines) is 1.